The van der Waals surface area contributed by atoms with Gasteiger partial charge >= 0.3 is 12.0 Å². The minimum atomic E-state index is -0.835. The highest BCUT2D eigenvalue weighted by Gasteiger charge is 2.34. The molecular weight excluding hydrogens is 707 g/mol. The number of rotatable bonds is 15. The second-order valence-electron chi connectivity index (χ2n) is 14.3. The average Bonchev–Trinajstić information content (AvgIpc) is 3.25. The summed E-state index contributed by atoms with van der Waals surface area (Å²) < 4.78 is 18.2. The number of carbonyl (C=O) groups excluding carboxylic acids is 2. The zero-order valence-electron chi connectivity index (χ0n) is 32.1. The summed E-state index contributed by atoms with van der Waals surface area (Å²) in [5, 5.41) is 26.4. The fourth-order valence-electron chi connectivity index (χ4n) is 7.04. The van der Waals surface area contributed by atoms with Crippen molar-refractivity contribution in [2.75, 3.05) is 20.7 Å². The van der Waals surface area contributed by atoms with Crippen molar-refractivity contribution >= 4 is 12.0 Å². The molecule has 10 nitrogen and oxygen atoms in total. The van der Waals surface area contributed by atoms with Gasteiger partial charge in [0.1, 0.15) is 6.04 Å². The first-order chi connectivity index (χ1) is 27.2. The van der Waals surface area contributed by atoms with E-state index in [0.29, 0.717) is 19.4 Å². The van der Waals surface area contributed by atoms with Crippen molar-refractivity contribution in [1.29, 1.82) is 0 Å². The van der Waals surface area contributed by atoms with Crippen molar-refractivity contribution in [2.45, 2.75) is 69.6 Å². The normalized spacial score (nSPS) is 18.4. The minimum absolute atomic E-state index is 0.0318. The van der Waals surface area contributed by atoms with Gasteiger partial charge in [-0.15, -0.1) is 0 Å². The van der Waals surface area contributed by atoms with Gasteiger partial charge in [-0.1, -0.05) is 133 Å². The highest BCUT2D eigenvalue weighted by atomic mass is 16.7. The molecule has 0 radical (unpaired) electrons. The molecule has 0 aromatic heterocycles. The van der Waals surface area contributed by atoms with Crippen LogP contribution in [0.15, 0.2) is 133 Å². The minimum Gasteiger partial charge on any atom is -0.467 e. The van der Waals surface area contributed by atoms with E-state index in [2.05, 4.69) is 15.5 Å². The zero-order chi connectivity index (χ0) is 39.4. The molecule has 1 aliphatic heterocycles. The van der Waals surface area contributed by atoms with Crippen LogP contribution in [0.3, 0.4) is 0 Å². The van der Waals surface area contributed by atoms with Crippen molar-refractivity contribution in [3.8, 4) is 11.1 Å². The van der Waals surface area contributed by atoms with Crippen molar-refractivity contribution in [3.05, 3.63) is 167 Å². The number of nitrogens with one attached hydrogen (secondary N) is 2. The van der Waals surface area contributed by atoms with Crippen LogP contribution in [-0.4, -0.2) is 66.0 Å². The summed E-state index contributed by atoms with van der Waals surface area (Å²) in [6, 6.07) is 41.4. The predicted octanol–water partition coefficient (Wildman–Crippen LogP) is 7.03. The molecule has 56 heavy (non-hydrogen) atoms. The molecule has 1 aliphatic rings. The van der Waals surface area contributed by atoms with Crippen LogP contribution >= 0.6 is 0 Å². The van der Waals surface area contributed by atoms with Crippen LogP contribution in [0.2, 0.25) is 0 Å². The van der Waals surface area contributed by atoms with Gasteiger partial charge in [0, 0.05) is 37.5 Å². The maximum atomic E-state index is 13.0. The molecule has 10 heteroatoms. The summed E-state index contributed by atoms with van der Waals surface area (Å²) in [4.78, 5) is 27.6. The average molecular weight is 758 g/mol. The topological polar surface area (TPSA) is 130 Å². The summed E-state index contributed by atoms with van der Waals surface area (Å²) in [7, 11) is 3.31. The van der Waals surface area contributed by atoms with Crippen LogP contribution in [0.1, 0.15) is 65.2 Å². The molecule has 1 fully saturated rings. The van der Waals surface area contributed by atoms with Crippen LogP contribution in [0.4, 0.5) is 4.79 Å². The molecule has 1 saturated heterocycles. The number of urea groups is 1. The van der Waals surface area contributed by atoms with E-state index in [1.807, 2.05) is 147 Å². The fraction of sp³-hybridized carbons (Fsp3) is 0.304. The number of carbonyl (C=O) groups is 2. The summed E-state index contributed by atoms with van der Waals surface area (Å²) in [5.74, 6) is -0.518. The summed E-state index contributed by atoms with van der Waals surface area (Å²) in [6.45, 7) is 2.80. The smallest absolute Gasteiger partial charge is 0.328 e. The Hall–Kier alpha value is -5.36. The van der Waals surface area contributed by atoms with E-state index < -0.39 is 30.4 Å². The molecule has 5 aromatic rings. The Morgan fingerprint density at radius 1 is 0.821 bits per heavy atom. The summed E-state index contributed by atoms with van der Waals surface area (Å²) in [6.07, 6.45) is -0.828. The number of ether oxygens (including phenoxy) is 3. The molecule has 0 unspecified atom stereocenters. The van der Waals surface area contributed by atoms with Crippen molar-refractivity contribution < 1.29 is 34.0 Å². The Kier molecular flexibility index (Phi) is 14.0. The SMILES string of the molecule is COC(=O)[C@H](Cc1ccccc1)NC(=O)NCc1ccccc1-c1ccc([C@@H]2O[C@H](CN(C)[C@H](C)[C@@H](O)c3ccccc3)C[C@H](c3ccc(CO)cc3)O2)cc1. The number of amides is 2. The Morgan fingerprint density at radius 3 is 2.14 bits per heavy atom. The first kappa shape index (κ1) is 40.3. The van der Waals surface area contributed by atoms with Gasteiger partial charge in [-0.05, 0) is 52.9 Å². The molecule has 6 atom stereocenters. The summed E-state index contributed by atoms with van der Waals surface area (Å²) >= 11 is 0. The monoisotopic (exact) mass is 757 g/mol. The van der Waals surface area contributed by atoms with Gasteiger partial charge in [0.05, 0.1) is 32.0 Å². The highest BCUT2D eigenvalue weighted by molar-refractivity contribution is 5.84. The molecule has 1 heterocycles. The number of hydrogen-bond acceptors (Lipinski definition) is 8. The highest BCUT2D eigenvalue weighted by Crippen LogP contribution is 2.39. The molecule has 292 valence electrons. The van der Waals surface area contributed by atoms with Gasteiger partial charge in [0.15, 0.2) is 6.29 Å². The second kappa shape index (κ2) is 19.5. The maximum Gasteiger partial charge on any atom is 0.328 e. The maximum absolute atomic E-state index is 13.0. The van der Waals surface area contributed by atoms with Gasteiger partial charge in [0.25, 0.3) is 0 Å². The lowest BCUT2D eigenvalue weighted by Gasteiger charge is -2.39. The third-order valence-electron chi connectivity index (χ3n) is 10.4. The lowest BCUT2D eigenvalue weighted by atomic mass is 9.97. The number of aliphatic hydroxyl groups excluding tert-OH is 2. The van der Waals surface area contributed by atoms with E-state index in [9.17, 15) is 19.8 Å². The van der Waals surface area contributed by atoms with Gasteiger partial charge in [-0.2, -0.15) is 0 Å². The zero-order valence-corrected chi connectivity index (χ0v) is 32.1. The molecule has 0 saturated carbocycles. The summed E-state index contributed by atoms with van der Waals surface area (Å²) in [5.41, 5.74) is 7.27. The van der Waals surface area contributed by atoms with E-state index in [4.69, 9.17) is 14.2 Å². The lowest BCUT2D eigenvalue weighted by molar-refractivity contribution is -0.253. The number of likely N-dealkylation sites (N-methyl/N-ethyl adjacent to an activating group) is 1. The number of nitrogens with zero attached hydrogens (tertiary/aromatic N) is 1. The third kappa shape index (κ3) is 10.5. The Balaban J connectivity index is 1.15. The van der Waals surface area contributed by atoms with Gasteiger partial charge < -0.3 is 35.1 Å². The van der Waals surface area contributed by atoms with E-state index in [1.165, 1.54) is 7.11 Å². The van der Waals surface area contributed by atoms with Crippen LogP contribution in [0.5, 0.6) is 0 Å². The van der Waals surface area contributed by atoms with Crippen LogP contribution in [-0.2, 0) is 38.6 Å². The van der Waals surface area contributed by atoms with Crippen LogP contribution < -0.4 is 10.6 Å². The largest absolute Gasteiger partial charge is 0.467 e. The van der Waals surface area contributed by atoms with Gasteiger partial charge in [0.2, 0.25) is 0 Å². The van der Waals surface area contributed by atoms with Gasteiger partial charge in [-0.25, -0.2) is 9.59 Å². The Labute approximate surface area is 329 Å². The number of esters is 1. The van der Waals surface area contributed by atoms with E-state index in [-0.39, 0.29) is 31.4 Å². The van der Waals surface area contributed by atoms with Crippen LogP contribution in [0.25, 0.3) is 11.1 Å². The molecule has 0 spiro atoms. The quantitative estimate of drug-likeness (QED) is 0.0839. The fourth-order valence-corrected chi connectivity index (χ4v) is 7.04. The molecule has 5 aromatic carbocycles. The molecule has 0 bridgehead atoms. The first-order valence-electron chi connectivity index (χ1n) is 19.0. The number of aliphatic hydroxyl groups is 2. The number of methoxy groups -OCH3 is 1. The van der Waals surface area contributed by atoms with Gasteiger partial charge in [-0.3, -0.25) is 4.90 Å². The van der Waals surface area contributed by atoms with E-state index in [0.717, 1.165) is 44.5 Å². The Bertz CT molecular complexity index is 1990. The molecule has 6 rings (SSSR count). The lowest BCUT2D eigenvalue weighted by Crippen LogP contribution is -2.47. The van der Waals surface area contributed by atoms with Crippen molar-refractivity contribution in [1.82, 2.24) is 15.5 Å². The second-order valence-corrected chi connectivity index (χ2v) is 14.3. The van der Waals surface area contributed by atoms with Crippen LogP contribution in [0, 0.1) is 0 Å². The third-order valence-corrected chi connectivity index (χ3v) is 10.4. The van der Waals surface area contributed by atoms with Crippen molar-refractivity contribution in [2.24, 2.45) is 0 Å². The van der Waals surface area contributed by atoms with E-state index in [1.54, 1.807) is 0 Å². The number of hydrogen-bond donors (Lipinski definition) is 4. The molecule has 2 amide bonds. The molecule has 4 N–H and O–H groups in total. The molecule has 0 aliphatic carbocycles. The first-order valence-corrected chi connectivity index (χ1v) is 19.0. The van der Waals surface area contributed by atoms with E-state index >= 15 is 0 Å². The Morgan fingerprint density at radius 2 is 1.46 bits per heavy atom. The van der Waals surface area contributed by atoms with Crippen molar-refractivity contribution in [3.63, 3.8) is 0 Å². The standard InChI is InChI=1S/C46H51N3O7/c1-31(43(51)36-14-8-5-9-15-36)49(2)29-39-27-42(35-20-18-33(30-50)19-21-35)56-45(55-39)37-24-22-34(23-25-37)40-17-11-10-16-38(40)28-47-46(53)48-41(44(52)54-3)26-32-12-6-4-7-13-32/h4-25,31,39,41-43,45,50-51H,26-30H2,1-3H3,(H2,47,48,53)/t31-,39+,41+,42-,43-,45-/m1/s1. The molecular formula is C46H51N3O7. The predicted molar refractivity (Wildman–Crippen MR) is 215 cm³/mol. The number of benzene rings is 5.